The minimum atomic E-state index is -3.77. The zero-order valence-electron chi connectivity index (χ0n) is 9.58. The van der Waals surface area contributed by atoms with Gasteiger partial charge in [-0.1, -0.05) is 0 Å². The molecule has 2 heterocycles. The summed E-state index contributed by atoms with van der Waals surface area (Å²) in [6, 6.07) is 2.67. The van der Waals surface area contributed by atoms with Crippen molar-refractivity contribution in [1.82, 2.24) is 9.71 Å². The Bertz CT molecular complexity index is 628. The maximum atomic E-state index is 11.8. The molecule has 0 atom stereocenters. The zero-order chi connectivity index (χ0) is 13.2. The topological polar surface area (TPSA) is 106 Å². The molecule has 0 aliphatic heterocycles. The highest BCUT2D eigenvalue weighted by Gasteiger charge is 2.19. The van der Waals surface area contributed by atoms with E-state index in [4.69, 9.17) is 13.9 Å². The largest absolute Gasteiger partial charge is 0.446 e. The molecule has 0 radical (unpaired) electrons. The van der Waals surface area contributed by atoms with Crippen molar-refractivity contribution < 1.29 is 22.4 Å². The van der Waals surface area contributed by atoms with E-state index in [-0.39, 0.29) is 29.9 Å². The Morgan fingerprint density at radius 1 is 1.39 bits per heavy atom. The Labute approximate surface area is 103 Å². The highest BCUT2D eigenvalue weighted by molar-refractivity contribution is 7.89. The number of nitrogens with one attached hydrogen (secondary N) is 1. The van der Waals surface area contributed by atoms with Crippen LogP contribution in [0.2, 0.25) is 0 Å². The SMILES string of the molecule is Cc1cnc(CNS(=O)(=O)c2ccc(CO)o2)o1. The van der Waals surface area contributed by atoms with E-state index in [1.165, 1.54) is 18.3 Å². The summed E-state index contributed by atoms with van der Waals surface area (Å²) in [7, 11) is -3.77. The smallest absolute Gasteiger partial charge is 0.274 e. The van der Waals surface area contributed by atoms with Crippen molar-refractivity contribution in [2.24, 2.45) is 0 Å². The van der Waals surface area contributed by atoms with Gasteiger partial charge in [0, 0.05) is 0 Å². The Balaban J connectivity index is 2.07. The van der Waals surface area contributed by atoms with E-state index in [0.717, 1.165) is 0 Å². The number of sulfonamides is 1. The maximum Gasteiger partial charge on any atom is 0.274 e. The fourth-order valence-corrected chi connectivity index (χ4v) is 2.22. The van der Waals surface area contributed by atoms with Crippen LogP contribution in [0.4, 0.5) is 0 Å². The maximum absolute atomic E-state index is 11.8. The average molecular weight is 272 g/mol. The molecule has 0 unspecified atom stereocenters. The van der Waals surface area contributed by atoms with Crippen molar-refractivity contribution in [3.63, 3.8) is 0 Å². The molecule has 2 N–H and O–H groups in total. The van der Waals surface area contributed by atoms with Gasteiger partial charge in [-0.25, -0.2) is 13.4 Å². The average Bonchev–Trinajstić information content (AvgIpc) is 2.95. The summed E-state index contributed by atoms with van der Waals surface area (Å²) >= 11 is 0. The number of nitrogens with zero attached hydrogens (tertiary/aromatic N) is 1. The van der Waals surface area contributed by atoms with Crippen molar-refractivity contribution >= 4 is 10.0 Å². The third kappa shape index (κ3) is 2.78. The predicted octanol–water partition coefficient (Wildman–Crippen LogP) is 0.547. The molecule has 0 saturated heterocycles. The van der Waals surface area contributed by atoms with Gasteiger partial charge in [-0.3, -0.25) is 0 Å². The van der Waals surface area contributed by atoms with Crippen LogP contribution in [-0.4, -0.2) is 18.5 Å². The number of furan rings is 1. The summed E-state index contributed by atoms with van der Waals surface area (Å²) in [4.78, 5) is 3.87. The third-order valence-corrected chi connectivity index (χ3v) is 3.41. The molecule has 0 aromatic carbocycles. The van der Waals surface area contributed by atoms with Gasteiger partial charge in [0.2, 0.25) is 11.0 Å². The van der Waals surface area contributed by atoms with E-state index in [0.29, 0.717) is 5.76 Å². The van der Waals surface area contributed by atoms with Gasteiger partial charge in [-0.05, 0) is 19.1 Å². The van der Waals surface area contributed by atoms with Gasteiger partial charge in [0.15, 0.2) is 0 Å². The number of hydrogen-bond acceptors (Lipinski definition) is 6. The number of oxazole rings is 1. The van der Waals surface area contributed by atoms with Crippen LogP contribution in [-0.2, 0) is 23.2 Å². The van der Waals surface area contributed by atoms with E-state index in [1.54, 1.807) is 6.92 Å². The molecular formula is C10H12N2O5S. The third-order valence-electron chi connectivity index (χ3n) is 2.14. The lowest BCUT2D eigenvalue weighted by atomic mass is 10.5. The molecule has 0 bridgehead atoms. The lowest BCUT2D eigenvalue weighted by Crippen LogP contribution is -2.22. The molecular weight excluding hydrogens is 260 g/mol. The minimum absolute atomic E-state index is 0.0642. The van der Waals surface area contributed by atoms with Crippen LogP contribution >= 0.6 is 0 Å². The molecule has 8 heteroatoms. The molecule has 2 rings (SSSR count). The summed E-state index contributed by atoms with van der Waals surface area (Å²) in [6.45, 7) is 1.30. The Kier molecular flexibility index (Phi) is 3.50. The Hall–Kier alpha value is -1.64. The molecule has 2 aromatic rings. The number of aryl methyl sites for hydroxylation is 1. The summed E-state index contributed by atoms with van der Waals surface area (Å²) in [5.74, 6) is 1.05. The van der Waals surface area contributed by atoms with Gasteiger partial charge in [0.05, 0.1) is 12.7 Å². The van der Waals surface area contributed by atoms with Gasteiger partial charge < -0.3 is 13.9 Å². The van der Waals surface area contributed by atoms with Crippen molar-refractivity contribution in [1.29, 1.82) is 0 Å². The van der Waals surface area contributed by atoms with E-state index in [1.807, 2.05) is 0 Å². The van der Waals surface area contributed by atoms with Crippen LogP contribution in [0, 0.1) is 6.92 Å². The lowest BCUT2D eigenvalue weighted by molar-refractivity contribution is 0.236. The van der Waals surface area contributed by atoms with Gasteiger partial charge in [-0.2, -0.15) is 4.72 Å². The minimum Gasteiger partial charge on any atom is -0.446 e. The number of aromatic nitrogens is 1. The summed E-state index contributed by atoms with van der Waals surface area (Å²) < 4.78 is 35.9. The first-order valence-electron chi connectivity index (χ1n) is 5.12. The molecule has 0 amide bonds. The van der Waals surface area contributed by atoms with Crippen molar-refractivity contribution in [3.8, 4) is 0 Å². The second-order valence-electron chi connectivity index (χ2n) is 3.57. The molecule has 18 heavy (non-hydrogen) atoms. The van der Waals surface area contributed by atoms with Crippen LogP contribution in [0.1, 0.15) is 17.4 Å². The first-order valence-corrected chi connectivity index (χ1v) is 6.60. The van der Waals surface area contributed by atoms with Crippen molar-refractivity contribution in [3.05, 3.63) is 35.7 Å². The molecule has 0 aliphatic rings. The summed E-state index contributed by atoms with van der Waals surface area (Å²) in [6.07, 6.45) is 1.50. The van der Waals surface area contributed by atoms with Gasteiger partial charge in [0.25, 0.3) is 10.0 Å². The fourth-order valence-electron chi connectivity index (χ4n) is 1.30. The molecule has 2 aromatic heterocycles. The van der Waals surface area contributed by atoms with Crippen LogP contribution in [0.15, 0.2) is 32.3 Å². The first-order chi connectivity index (χ1) is 8.51. The molecule has 0 spiro atoms. The molecule has 0 saturated carbocycles. The molecule has 0 aliphatic carbocycles. The highest BCUT2D eigenvalue weighted by atomic mass is 32.2. The molecule has 0 fully saturated rings. The van der Waals surface area contributed by atoms with Gasteiger partial charge in [0.1, 0.15) is 18.1 Å². The van der Waals surface area contributed by atoms with Crippen LogP contribution in [0.25, 0.3) is 0 Å². The monoisotopic (exact) mass is 272 g/mol. The fraction of sp³-hybridized carbons (Fsp3) is 0.300. The first kappa shape index (κ1) is 12.8. The molecule has 7 nitrogen and oxygen atoms in total. The van der Waals surface area contributed by atoms with Crippen LogP contribution < -0.4 is 4.72 Å². The van der Waals surface area contributed by atoms with Crippen molar-refractivity contribution in [2.45, 2.75) is 25.2 Å². The van der Waals surface area contributed by atoms with E-state index >= 15 is 0 Å². The van der Waals surface area contributed by atoms with Crippen molar-refractivity contribution in [2.75, 3.05) is 0 Å². The summed E-state index contributed by atoms with van der Waals surface area (Å²) in [5, 5.41) is 8.54. The van der Waals surface area contributed by atoms with Crippen LogP contribution in [0.3, 0.4) is 0 Å². The highest BCUT2D eigenvalue weighted by Crippen LogP contribution is 2.14. The second-order valence-corrected chi connectivity index (χ2v) is 5.27. The lowest BCUT2D eigenvalue weighted by Gasteiger charge is -2.01. The number of rotatable bonds is 5. The van der Waals surface area contributed by atoms with E-state index in [2.05, 4.69) is 9.71 Å². The van der Waals surface area contributed by atoms with Crippen LogP contribution in [0.5, 0.6) is 0 Å². The quantitative estimate of drug-likeness (QED) is 0.823. The number of aliphatic hydroxyl groups excluding tert-OH is 1. The van der Waals surface area contributed by atoms with Gasteiger partial charge in [-0.15, -0.1) is 0 Å². The normalized spacial score (nSPS) is 11.9. The van der Waals surface area contributed by atoms with E-state index in [9.17, 15) is 8.42 Å². The van der Waals surface area contributed by atoms with E-state index < -0.39 is 10.0 Å². The molecule has 98 valence electrons. The number of aliphatic hydroxyl groups is 1. The zero-order valence-corrected chi connectivity index (χ0v) is 10.4. The predicted molar refractivity (Wildman–Crippen MR) is 59.9 cm³/mol. The Morgan fingerprint density at radius 3 is 2.72 bits per heavy atom. The number of hydrogen-bond donors (Lipinski definition) is 2. The Morgan fingerprint density at radius 2 is 2.17 bits per heavy atom. The van der Waals surface area contributed by atoms with Gasteiger partial charge >= 0.3 is 0 Å². The second kappa shape index (κ2) is 4.92. The summed E-state index contributed by atoms with van der Waals surface area (Å²) in [5.41, 5.74) is 0. The standard InChI is InChI=1S/C10H12N2O5S/c1-7-4-11-9(16-7)5-12-18(14,15)10-3-2-8(6-13)17-10/h2-4,12-13H,5-6H2,1H3.